The molecule has 0 fully saturated rings. The first kappa shape index (κ1) is 13.2. The molecule has 3 rings (SSSR count). The summed E-state index contributed by atoms with van der Waals surface area (Å²) in [7, 11) is -4.17. The Labute approximate surface area is 118 Å². The summed E-state index contributed by atoms with van der Waals surface area (Å²) in [5.74, 6) is 0.145. The third-order valence-corrected chi connectivity index (χ3v) is 3.72. The van der Waals surface area contributed by atoms with E-state index in [-0.39, 0.29) is 17.1 Å². The number of aryl methyl sites for hydroxylation is 1. The molecule has 0 aliphatic carbocycles. The highest BCUT2D eigenvalue weighted by molar-refractivity contribution is 7.89. The van der Waals surface area contributed by atoms with E-state index in [1.807, 2.05) is 0 Å². The van der Waals surface area contributed by atoms with E-state index in [0.29, 0.717) is 11.2 Å². The minimum atomic E-state index is -4.17. The molecule has 3 aromatic rings. The monoisotopic (exact) mass is 304 g/mol. The van der Waals surface area contributed by atoms with E-state index >= 15 is 0 Å². The SMILES string of the molecule is Cc1nn(-c2ncnc3nc[nH]c23)c(S(N)(=O)=O)c1C#N. The molecular weight excluding hydrogens is 296 g/mol. The second-order valence-electron chi connectivity index (χ2n) is 4.13. The number of imidazole rings is 1. The Morgan fingerprint density at radius 3 is 2.81 bits per heavy atom. The van der Waals surface area contributed by atoms with E-state index in [2.05, 4.69) is 25.0 Å². The molecule has 3 N–H and O–H groups in total. The summed E-state index contributed by atoms with van der Waals surface area (Å²) in [5.41, 5.74) is 0.831. The molecule has 0 bridgehead atoms. The highest BCUT2D eigenvalue weighted by Gasteiger charge is 2.27. The molecular formula is C10H8N8O2S. The first-order valence-electron chi connectivity index (χ1n) is 5.60. The molecule has 3 heterocycles. The number of fused-ring (bicyclic) bond motifs is 1. The van der Waals surface area contributed by atoms with Crippen LogP contribution < -0.4 is 5.14 Å². The van der Waals surface area contributed by atoms with Crippen molar-refractivity contribution in [2.75, 3.05) is 0 Å². The first-order valence-corrected chi connectivity index (χ1v) is 7.15. The number of nitriles is 1. The van der Waals surface area contributed by atoms with Crippen molar-refractivity contribution in [1.29, 1.82) is 5.26 Å². The fraction of sp³-hybridized carbons (Fsp3) is 0.100. The van der Waals surface area contributed by atoms with Crippen molar-refractivity contribution in [3.8, 4) is 11.9 Å². The van der Waals surface area contributed by atoms with Gasteiger partial charge in [-0.3, -0.25) is 0 Å². The van der Waals surface area contributed by atoms with Crippen molar-refractivity contribution in [1.82, 2.24) is 29.7 Å². The number of aromatic nitrogens is 6. The van der Waals surface area contributed by atoms with Gasteiger partial charge in [0.2, 0.25) is 0 Å². The Balaban J connectivity index is 2.45. The molecule has 21 heavy (non-hydrogen) atoms. The summed E-state index contributed by atoms with van der Waals surface area (Å²) in [6, 6.07) is 1.79. The van der Waals surface area contributed by atoms with Crippen LogP contribution in [0.25, 0.3) is 17.0 Å². The lowest BCUT2D eigenvalue weighted by atomic mass is 10.3. The average molecular weight is 304 g/mol. The Bertz CT molecular complexity index is 994. The fourth-order valence-electron chi connectivity index (χ4n) is 1.95. The third-order valence-electron chi connectivity index (χ3n) is 2.80. The van der Waals surface area contributed by atoms with Crippen molar-refractivity contribution < 1.29 is 8.42 Å². The van der Waals surface area contributed by atoms with Crippen LogP contribution in [0.4, 0.5) is 0 Å². The van der Waals surface area contributed by atoms with E-state index in [0.717, 1.165) is 4.68 Å². The Morgan fingerprint density at radius 2 is 2.14 bits per heavy atom. The van der Waals surface area contributed by atoms with E-state index < -0.39 is 15.0 Å². The van der Waals surface area contributed by atoms with Crippen molar-refractivity contribution in [2.24, 2.45) is 5.14 Å². The quantitative estimate of drug-likeness (QED) is 0.637. The molecule has 11 heteroatoms. The van der Waals surface area contributed by atoms with Crippen LogP contribution in [0.2, 0.25) is 0 Å². The highest BCUT2D eigenvalue weighted by Crippen LogP contribution is 2.23. The minimum absolute atomic E-state index is 0.122. The van der Waals surface area contributed by atoms with Crippen LogP contribution >= 0.6 is 0 Å². The van der Waals surface area contributed by atoms with Crippen LogP contribution in [-0.2, 0) is 10.0 Å². The number of nitrogens with one attached hydrogen (secondary N) is 1. The Hall–Kier alpha value is -2.84. The second-order valence-corrected chi connectivity index (χ2v) is 5.61. The third kappa shape index (κ3) is 1.93. The highest BCUT2D eigenvalue weighted by atomic mass is 32.2. The maximum Gasteiger partial charge on any atom is 0.257 e. The molecule has 0 aromatic carbocycles. The summed E-state index contributed by atoms with van der Waals surface area (Å²) in [5, 5.41) is 17.9. The average Bonchev–Trinajstić information content (AvgIpc) is 3.00. The van der Waals surface area contributed by atoms with Gasteiger partial charge >= 0.3 is 0 Å². The number of rotatable bonds is 2. The molecule has 10 nitrogen and oxygen atoms in total. The lowest BCUT2D eigenvalue weighted by Crippen LogP contribution is -2.19. The van der Waals surface area contributed by atoms with Crippen LogP contribution in [0.5, 0.6) is 0 Å². The van der Waals surface area contributed by atoms with Crippen LogP contribution in [0.15, 0.2) is 17.7 Å². The van der Waals surface area contributed by atoms with Gasteiger partial charge in [0.25, 0.3) is 10.0 Å². The van der Waals surface area contributed by atoms with Gasteiger partial charge in [-0.25, -0.2) is 28.5 Å². The van der Waals surface area contributed by atoms with Gasteiger partial charge in [-0.1, -0.05) is 0 Å². The zero-order chi connectivity index (χ0) is 15.2. The van der Waals surface area contributed by atoms with Crippen LogP contribution in [-0.4, -0.2) is 38.1 Å². The lowest BCUT2D eigenvalue weighted by Gasteiger charge is -2.05. The molecule has 0 radical (unpaired) electrons. The van der Waals surface area contributed by atoms with Gasteiger partial charge in [-0.05, 0) is 6.92 Å². The summed E-state index contributed by atoms with van der Waals surface area (Å²) < 4.78 is 24.6. The summed E-state index contributed by atoms with van der Waals surface area (Å²) >= 11 is 0. The normalized spacial score (nSPS) is 11.7. The fourth-order valence-corrected chi connectivity index (χ4v) is 2.80. The minimum Gasteiger partial charge on any atom is -0.340 e. The Kier molecular flexibility index (Phi) is 2.71. The first-order chi connectivity index (χ1) is 9.93. The molecule has 0 spiro atoms. The van der Waals surface area contributed by atoms with Gasteiger partial charge in [0.1, 0.15) is 23.5 Å². The molecule has 0 amide bonds. The maximum atomic E-state index is 11.8. The van der Waals surface area contributed by atoms with Crippen molar-refractivity contribution in [3.63, 3.8) is 0 Å². The number of nitrogens with zero attached hydrogens (tertiary/aromatic N) is 6. The summed E-state index contributed by atoms with van der Waals surface area (Å²) in [6.07, 6.45) is 2.61. The molecule has 3 aromatic heterocycles. The van der Waals surface area contributed by atoms with Gasteiger partial charge in [-0.2, -0.15) is 15.0 Å². The van der Waals surface area contributed by atoms with Gasteiger partial charge in [0, 0.05) is 0 Å². The molecule has 106 valence electrons. The topological polar surface area (TPSA) is 156 Å². The van der Waals surface area contributed by atoms with Crippen molar-refractivity contribution in [2.45, 2.75) is 11.9 Å². The number of nitrogens with two attached hydrogens (primary N) is 1. The van der Waals surface area contributed by atoms with Gasteiger partial charge < -0.3 is 4.98 Å². The van der Waals surface area contributed by atoms with Crippen LogP contribution in [0, 0.1) is 18.3 Å². The molecule has 0 saturated heterocycles. The number of hydrogen-bond acceptors (Lipinski definition) is 7. The standard InChI is InChI=1S/C10H8N8O2S/c1-5-6(2-11)10(21(12,19)20)18(17-5)9-7-8(14-3-13-7)15-4-16-9/h3-4H,1H3,(H2,12,19,20)(H,13,14,15,16). The Morgan fingerprint density at radius 1 is 1.38 bits per heavy atom. The van der Waals surface area contributed by atoms with Crippen LogP contribution in [0.1, 0.15) is 11.3 Å². The van der Waals surface area contributed by atoms with Crippen molar-refractivity contribution in [3.05, 3.63) is 23.9 Å². The van der Waals surface area contributed by atoms with E-state index in [1.54, 1.807) is 6.07 Å². The van der Waals surface area contributed by atoms with E-state index in [9.17, 15) is 8.42 Å². The molecule has 0 aliphatic rings. The van der Waals surface area contributed by atoms with Gasteiger partial charge in [0.05, 0.1) is 12.0 Å². The van der Waals surface area contributed by atoms with Crippen LogP contribution in [0.3, 0.4) is 0 Å². The number of hydrogen-bond donors (Lipinski definition) is 2. The summed E-state index contributed by atoms with van der Waals surface area (Å²) in [6.45, 7) is 1.51. The number of primary sulfonamides is 1. The molecule has 0 atom stereocenters. The predicted molar refractivity (Wildman–Crippen MR) is 69.6 cm³/mol. The van der Waals surface area contributed by atoms with Gasteiger partial charge in [0.15, 0.2) is 16.5 Å². The zero-order valence-electron chi connectivity index (χ0n) is 10.6. The van der Waals surface area contributed by atoms with Crippen molar-refractivity contribution >= 4 is 21.2 Å². The number of aromatic amines is 1. The number of H-pyrrole nitrogens is 1. The smallest absolute Gasteiger partial charge is 0.257 e. The van der Waals surface area contributed by atoms with E-state index in [1.165, 1.54) is 19.6 Å². The lowest BCUT2D eigenvalue weighted by molar-refractivity contribution is 0.586. The van der Waals surface area contributed by atoms with E-state index in [4.69, 9.17) is 10.4 Å². The molecule has 0 unspecified atom stereocenters. The largest absolute Gasteiger partial charge is 0.340 e. The zero-order valence-corrected chi connectivity index (χ0v) is 11.5. The predicted octanol–water partition coefficient (Wildman–Crippen LogP) is -0.634. The van der Waals surface area contributed by atoms with Gasteiger partial charge in [-0.15, -0.1) is 0 Å². The number of sulfonamides is 1. The summed E-state index contributed by atoms with van der Waals surface area (Å²) in [4.78, 5) is 14.7. The maximum absolute atomic E-state index is 11.8. The second kappa shape index (κ2) is 4.33. The molecule has 0 saturated carbocycles. The molecule has 0 aliphatic heterocycles.